The first kappa shape index (κ1) is 14.4. The number of likely N-dealkylation sites (tertiary alicyclic amines) is 1. The summed E-state index contributed by atoms with van der Waals surface area (Å²) in [5.74, 6) is -1.26. The number of carboxylic acids is 1. The Morgan fingerprint density at radius 3 is 2.53 bits per heavy atom. The van der Waals surface area contributed by atoms with Crippen molar-refractivity contribution in [3.8, 4) is 0 Å². The van der Waals surface area contributed by atoms with Crippen molar-refractivity contribution < 1.29 is 9.90 Å². The van der Waals surface area contributed by atoms with Gasteiger partial charge >= 0.3 is 5.97 Å². The van der Waals surface area contributed by atoms with Crippen molar-refractivity contribution in [1.29, 1.82) is 0 Å². The maximum absolute atomic E-state index is 11.5. The van der Waals surface area contributed by atoms with Crippen LogP contribution in [0.25, 0.3) is 0 Å². The van der Waals surface area contributed by atoms with Gasteiger partial charge in [0.2, 0.25) is 0 Å². The highest BCUT2D eigenvalue weighted by Gasteiger charge is 2.23. The smallest absolute Gasteiger partial charge is 0.312 e. The summed E-state index contributed by atoms with van der Waals surface area (Å²) in [4.78, 5) is 13.8. The molecular weight excluding hydrogens is 262 g/mol. The summed E-state index contributed by atoms with van der Waals surface area (Å²) in [5.41, 5.74) is 0.796. The van der Waals surface area contributed by atoms with Crippen molar-refractivity contribution in [2.45, 2.75) is 31.6 Å². The van der Waals surface area contributed by atoms with Crippen LogP contribution >= 0.6 is 11.6 Å². The van der Waals surface area contributed by atoms with Crippen molar-refractivity contribution >= 4 is 17.6 Å². The molecule has 1 atom stereocenters. The van der Waals surface area contributed by atoms with Gasteiger partial charge in [-0.25, -0.2) is 0 Å². The minimum absolute atomic E-state index is 0.489. The summed E-state index contributed by atoms with van der Waals surface area (Å²) in [7, 11) is 0. The summed E-state index contributed by atoms with van der Waals surface area (Å²) in [6.45, 7) is 2.59. The van der Waals surface area contributed by atoms with Crippen LogP contribution in [0.15, 0.2) is 24.3 Å². The molecule has 0 aliphatic carbocycles. The predicted octanol–water partition coefficient (Wildman–Crippen LogP) is 3.38. The Morgan fingerprint density at radius 2 is 1.95 bits per heavy atom. The van der Waals surface area contributed by atoms with Crippen molar-refractivity contribution in [2.24, 2.45) is 0 Å². The van der Waals surface area contributed by atoms with Gasteiger partial charge in [0, 0.05) is 11.6 Å². The highest BCUT2D eigenvalue weighted by molar-refractivity contribution is 6.30. The maximum atomic E-state index is 11.5. The number of hydrogen-bond donors (Lipinski definition) is 1. The number of aliphatic carboxylic acids is 1. The molecule has 4 heteroatoms. The molecule has 1 aromatic rings. The minimum atomic E-state index is -0.772. The Hall–Kier alpha value is -1.06. The number of nitrogens with zero attached hydrogens (tertiary/aromatic N) is 1. The molecule has 0 aromatic heterocycles. The van der Waals surface area contributed by atoms with Gasteiger partial charge in [0.1, 0.15) is 0 Å². The molecule has 1 fully saturated rings. The number of benzene rings is 1. The van der Waals surface area contributed by atoms with Gasteiger partial charge in [0.05, 0.1) is 5.92 Å². The van der Waals surface area contributed by atoms with Crippen LogP contribution in [-0.4, -0.2) is 35.6 Å². The Labute approximate surface area is 119 Å². The normalized spacial score (nSPS) is 18.8. The molecule has 3 nitrogen and oxygen atoms in total. The van der Waals surface area contributed by atoms with Crippen LogP contribution in [0.3, 0.4) is 0 Å². The highest BCUT2D eigenvalue weighted by Crippen LogP contribution is 2.22. The zero-order valence-corrected chi connectivity index (χ0v) is 11.8. The van der Waals surface area contributed by atoms with Gasteiger partial charge in [-0.15, -0.1) is 0 Å². The van der Waals surface area contributed by atoms with Crippen LogP contribution in [0.5, 0.6) is 0 Å². The topological polar surface area (TPSA) is 40.5 Å². The molecule has 0 bridgehead atoms. The lowest BCUT2D eigenvalue weighted by molar-refractivity contribution is -0.139. The molecule has 1 aliphatic heterocycles. The fourth-order valence-electron chi connectivity index (χ4n) is 2.63. The van der Waals surface area contributed by atoms with Crippen molar-refractivity contribution in [1.82, 2.24) is 4.90 Å². The van der Waals surface area contributed by atoms with Gasteiger partial charge in [-0.3, -0.25) is 4.79 Å². The Morgan fingerprint density at radius 1 is 1.26 bits per heavy atom. The fraction of sp³-hybridized carbons (Fsp3) is 0.533. The predicted molar refractivity (Wildman–Crippen MR) is 76.7 cm³/mol. The van der Waals surface area contributed by atoms with Crippen LogP contribution in [0.2, 0.25) is 5.02 Å². The minimum Gasteiger partial charge on any atom is -0.481 e. The van der Waals surface area contributed by atoms with Crippen LogP contribution in [-0.2, 0) is 4.79 Å². The molecule has 1 saturated heterocycles. The van der Waals surface area contributed by atoms with E-state index in [1.807, 2.05) is 12.1 Å². The molecule has 1 unspecified atom stereocenters. The van der Waals surface area contributed by atoms with Gasteiger partial charge in [0.25, 0.3) is 0 Å². The van der Waals surface area contributed by atoms with Crippen LogP contribution < -0.4 is 0 Å². The summed E-state index contributed by atoms with van der Waals surface area (Å²) >= 11 is 5.96. The molecule has 1 aromatic carbocycles. The fourth-order valence-corrected chi connectivity index (χ4v) is 2.83. The van der Waals surface area contributed by atoms with Crippen LogP contribution in [0.4, 0.5) is 0 Å². The molecule has 104 valence electrons. The van der Waals surface area contributed by atoms with E-state index in [2.05, 4.69) is 4.90 Å². The van der Waals surface area contributed by atoms with E-state index in [1.54, 1.807) is 12.1 Å². The molecule has 0 saturated carbocycles. The molecule has 0 amide bonds. The lowest BCUT2D eigenvalue weighted by Gasteiger charge is -2.24. The molecular formula is C15H20ClNO2. The van der Waals surface area contributed by atoms with E-state index in [9.17, 15) is 9.90 Å². The molecule has 2 rings (SSSR count). The number of carboxylic acid groups (broad SMARTS) is 1. The van der Waals surface area contributed by atoms with Gasteiger partial charge in [-0.1, -0.05) is 36.6 Å². The second kappa shape index (κ2) is 6.92. The van der Waals surface area contributed by atoms with E-state index in [-0.39, 0.29) is 0 Å². The molecule has 19 heavy (non-hydrogen) atoms. The van der Waals surface area contributed by atoms with E-state index >= 15 is 0 Å². The largest absolute Gasteiger partial charge is 0.481 e. The zero-order chi connectivity index (χ0) is 13.7. The summed E-state index contributed by atoms with van der Waals surface area (Å²) in [6, 6.07) is 7.20. The quantitative estimate of drug-likeness (QED) is 0.920. The highest BCUT2D eigenvalue weighted by atomic mass is 35.5. The van der Waals surface area contributed by atoms with E-state index in [0.717, 1.165) is 18.7 Å². The number of halogens is 1. The lowest BCUT2D eigenvalue weighted by Crippen LogP contribution is -2.32. The average molecular weight is 282 g/mol. The van der Waals surface area contributed by atoms with Gasteiger partial charge < -0.3 is 10.0 Å². The number of carbonyl (C=O) groups is 1. The van der Waals surface area contributed by atoms with Gasteiger partial charge in [0.15, 0.2) is 0 Å². The molecule has 0 spiro atoms. The maximum Gasteiger partial charge on any atom is 0.312 e. The van der Waals surface area contributed by atoms with Crippen LogP contribution in [0, 0.1) is 0 Å². The second-order valence-corrected chi connectivity index (χ2v) is 5.60. The van der Waals surface area contributed by atoms with E-state index < -0.39 is 11.9 Å². The van der Waals surface area contributed by atoms with E-state index in [1.165, 1.54) is 25.7 Å². The summed E-state index contributed by atoms with van der Waals surface area (Å²) < 4.78 is 0. The summed E-state index contributed by atoms with van der Waals surface area (Å²) in [6.07, 6.45) is 4.85. The number of rotatable bonds is 4. The lowest BCUT2D eigenvalue weighted by atomic mass is 9.98. The third-order valence-corrected chi connectivity index (χ3v) is 3.92. The second-order valence-electron chi connectivity index (χ2n) is 5.16. The van der Waals surface area contributed by atoms with E-state index in [0.29, 0.717) is 11.6 Å². The molecule has 1 aliphatic rings. The SMILES string of the molecule is O=C(O)C(CN1CCCCCC1)c1cccc(Cl)c1. The van der Waals surface area contributed by atoms with Crippen molar-refractivity contribution in [3.63, 3.8) is 0 Å². The first-order chi connectivity index (χ1) is 9.16. The average Bonchev–Trinajstić information content (AvgIpc) is 2.64. The van der Waals surface area contributed by atoms with Crippen LogP contribution in [0.1, 0.15) is 37.2 Å². The Kier molecular flexibility index (Phi) is 5.23. The van der Waals surface area contributed by atoms with Crippen molar-refractivity contribution in [2.75, 3.05) is 19.6 Å². The molecule has 1 heterocycles. The molecule has 1 N–H and O–H groups in total. The van der Waals surface area contributed by atoms with Gasteiger partial charge in [-0.2, -0.15) is 0 Å². The Balaban J connectivity index is 2.09. The first-order valence-electron chi connectivity index (χ1n) is 6.87. The van der Waals surface area contributed by atoms with Gasteiger partial charge in [-0.05, 0) is 43.6 Å². The zero-order valence-electron chi connectivity index (χ0n) is 11.0. The number of hydrogen-bond acceptors (Lipinski definition) is 2. The Bertz CT molecular complexity index is 428. The third kappa shape index (κ3) is 4.22. The monoisotopic (exact) mass is 281 g/mol. The van der Waals surface area contributed by atoms with E-state index in [4.69, 9.17) is 11.6 Å². The third-order valence-electron chi connectivity index (χ3n) is 3.69. The first-order valence-corrected chi connectivity index (χ1v) is 7.25. The standard InChI is InChI=1S/C15H20ClNO2/c16-13-7-5-6-12(10-13)14(15(18)19)11-17-8-3-1-2-4-9-17/h5-7,10,14H,1-4,8-9,11H2,(H,18,19). The van der Waals surface area contributed by atoms with Crippen molar-refractivity contribution in [3.05, 3.63) is 34.9 Å². The summed E-state index contributed by atoms with van der Waals surface area (Å²) in [5, 5.41) is 10.0. The molecule has 0 radical (unpaired) electrons.